The highest BCUT2D eigenvalue weighted by molar-refractivity contribution is 3.86. The molecule has 0 radical (unpaired) electrons. The highest BCUT2D eigenvalue weighted by Gasteiger charge is 1.56. The Balaban J connectivity index is 2.19. The van der Waals surface area contributed by atoms with Crippen LogP contribution in [0.4, 0.5) is 0 Å². The lowest BCUT2D eigenvalue weighted by Gasteiger charge is -1.91. The minimum absolute atomic E-state index is 1.53. The SMILES string of the molecule is NNNNO. The summed E-state index contributed by atoms with van der Waals surface area (Å²) < 4.78 is 0. The fourth-order valence-corrected chi connectivity index (χ4v) is 0.0323. The van der Waals surface area contributed by atoms with Gasteiger partial charge in [0.15, 0.2) is 0 Å². The normalized spacial score (nSPS) is 8.40. The number of rotatable bonds is 2. The summed E-state index contributed by atoms with van der Waals surface area (Å²) in [5.74, 6) is 4.56. The van der Waals surface area contributed by atoms with Crippen molar-refractivity contribution in [2.24, 2.45) is 5.84 Å². The van der Waals surface area contributed by atoms with Crippen LogP contribution >= 0.6 is 0 Å². The van der Waals surface area contributed by atoms with Crippen molar-refractivity contribution in [3.05, 3.63) is 0 Å². The zero-order chi connectivity index (χ0) is 4.12. The molecule has 0 aliphatic rings. The van der Waals surface area contributed by atoms with Gasteiger partial charge in [0.2, 0.25) is 0 Å². The molecule has 5 heteroatoms. The Kier molecular flexibility index (Phi) is 3.65. The number of nitrogens with one attached hydrogen (secondary N) is 3. The van der Waals surface area contributed by atoms with Crippen LogP contribution in [0, 0.1) is 0 Å². The van der Waals surface area contributed by atoms with Crippen molar-refractivity contribution in [3.8, 4) is 0 Å². The fourth-order valence-electron chi connectivity index (χ4n) is 0.0323. The topological polar surface area (TPSA) is 82.3 Å². The minimum Gasteiger partial charge on any atom is -0.301 e. The van der Waals surface area contributed by atoms with Gasteiger partial charge in [0, 0.05) is 0 Å². The molecular formula is H6N4O. The lowest BCUT2D eigenvalue weighted by atomic mass is 12.3. The van der Waals surface area contributed by atoms with Crippen LogP contribution in [-0.4, -0.2) is 5.21 Å². The van der Waals surface area contributed by atoms with E-state index in [1.54, 1.807) is 0 Å². The van der Waals surface area contributed by atoms with Crippen LogP contribution in [-0.2, 0) is 0 Å². The number of nitrogens with two attached hydrogens (primary N) is 1. The van der Waals surface area contributed by atoms with Crippen molar-refractivity contribution in [1.82, 2.24) is 16.7 Å². The minimum atomic E-state index is 1.53. The molecule has 0 aliphatic heterocycles. The van der Waals surface area contributed by atoms with E-state index in [-0.39, 0.29) is 0 Å². The molecule has 0 aromatic heterocycles. The lowest BCUT2D eigenvalue weighted by Crippen LogP contribution is -2.45. The average molecular weight is 78.1 g/mol. The van der Waals surface area contributed by atoms with Crippen LogP contribution in [0.1, 0.15) is 0 Å². The first-order chi connectivity index (χ1) is 2.41. The van der Waals surface area contributed by atoms with Crippen LogP contribution < -0.4 is 22.5 Å². The molecule has 0 amide bonds. The Labute approximate surface area is 29.0 Å². The molecule has 5 nitrogen and oxygen atoms in total. The first-order valence-electron chi connectivity index (χ1n) is 1.01. The van der Waals surface area contributed by atoms with Crippen LogP contribution in [0.3, 0.4) is 0 Å². The van der Waals surface area contributed by atoms with Gasteiger partial charge in [-0.05, 0) is 0 Å². The molecule has 0 bridgehead atoms. The zero-order valence-electron chi connectivity index (χ0n) is 2.52. The van der Waals surface area contributed by atoms with Gasteiger partial charge in [0.05, 0.1) is 0 Å². The third kappa shape index (κ3) is 3.80. The van der Waals surface area contributed by atoms with E-state index in [2.05, 4.69) is 5.84 Å². The summed E-state index contributed by atoms with van der Waals surface area (Å²) in [4.78, 5) is 0. The maximum Gasteiger partial charge on any atom is -0.125 e. The summed E-state index contributed by atoms with van der Waals surface area (Å²) in [6, 6.07) is 0. The summed E-state index contributed by atoms with van der Waals surface area (Å²) in [7, 11) is 0. The lowest BCUT2D eigenvalue weighted by molar-refractivity contribution is 0.101. The number of hydrazine groups is 3. The van der Waals surface area contributed by atoms with Gasteiger partial charge in [0.1, 0.15) is 0 Å². The van der Waals surface area contributed by atoms with Crippen molar-refractivity contribution < 1.29 is 5.21 Å². The first-order valence-corrected chi connectivity index (χ1v) is 1.01. The van der Waals surface area contributed by atoms with Gasteiger partial charge in [-0.3, -0.25) is 5.84 Å². The molecule has 6 N–H and O–H groups in total. The van der Waals surface area contributed by atoms with Crippen LogP contribution in [0.2, 0.25) is 0 Å². The Morgan fingerprint density at radius 2 is 2.20 bits per heavy atom. The van der Waals surface area contributed by atoms with E-state index in [0.29, 0.717) is 0 Å². The third-order valence-corrected chi connectivity index (χ3v) is 0.128. The molecule has 0 aromatic rings. The molecular weight excluding hydrogens is 72.0 g/mol. The molecule has 0 atom stereocenters. The maximum absolute atomic E-state index is 7.56. The van der Waals surface area contributed by atoms with Crippen molar-refractivity contribution in [2.45, 2.75) is 0 Å². The largest absolute Gasteiger partial charge is 0.301 e. The molecule has 0 fully saturated rings. The molecule has 0 unspecified atom stereocenters. The summed E-state index contributed by atoms with van der Waals surface area (Å²) in [6.45, 7) is 0. The summed E-state index contributed by atoms with van der Waals surface area (Å²) in [6.07, 6.45) is 0. The molecule has 0 saturated heterocycles. The molecule has 0 heterocycles. The molecule has 0 spiro atoms. The maximum atomic E-state index is 7.56. The second kappa shape index (κ2) is 3.80. The van der Waals surface area contributed by atoms with Gasteiger partial charge in [-0.25, -0.2) is 0 Å². The molecule has 0 aromatic carbocycles. The Morgan fingerprint density at radius 3 is 2.20 bits per heavy atom. The standard InChI is InChI=1S/H6N4O/c1-2-3-4-5/h2-5H,1H2. The van der Waals surface area contributed by atoms with Crippen molar-refractivity contribution in [2.75, 3.05) is 0 Å². The van der Waals surface area contributed by atoms with Gasteiger partial charge >= 0.3 is 0 Å². The number of hydrogen-bond acceptors (Lipinski definition) is 5. The van der Waals surface area contributed by atoms with Crippen molar-refractivity contribution in [3.63, 3.8) is 0 Å². The molecule has 32 valence electrons. The van der Waals surface area contributed by atoms with E-state index < -0.39 is 0 Å². The molecule has 0 aliphatic carbocycles. The van der Waals surface area contributed by atoms with Crippen molar-refractivity contribution in [1.29, 1.82) is 0 Å². The van der Waals surface area contributed by atoms with Gasteiger partial charge in [-0.2, -0.15) is 11.1 Å². The van der Waals surface area contributed by atoms with Gasteiger partial charge < -0.3 is 5.21 Å². The molecule has 0 rings (SSSR count). The Bertz CT molecular complexity index is 11.1. The average Bonchev–Trinajstić information content (AvgIpc) is 1.41. The van der Waals surface area contributed by atoms with Crippen LogP contribution in [0.25, 0.3) is 0 Å². The quantitative estimate of drug-likeness (QED) is 0.192. The molecule has 0 saturated carbocycles. The van der Waals surface area contributed by atoms with Crippen molar-refractivity contribution >= 4 is 0 Å². The highest BCUT2D eigenvalue weighted by atomic mass is 16.5. The fraction of sp³-hybridized carbons (Fsp3) is 0. The van der Waals surface area contributed by atoms with E-state index in [9.17, 15) is 0 Å². The zero-order valence-corrected chi connectivity index (χ0v) is 2.52. The monoisotopic (exact) mass is 78.1 g/mol. The van der Waals surface area contributed by atoms with E-state index in [1.807, 2.05) is 11.1 Å². The van der Waals surface area contributed by atoms with Crippen LogP contribution in [0.15, 0.2) is 0 Å². The second-order valence-corrected chi connectivity index (χ2v) is 0.381. The highest BCUT2D eigenvalue weighted by Crippen LogP contribution is 1.06. The van der Waals surface area contributed by atoms with Gasteiger partial charge in [-0.1, -0.05) is 0 Å². The van der Waals surface area contributed by atoms with E-state index >= 15 is 0 Å². The molecule has 5 heavy (non-hydrogen) atoms. The van der Waals surface area contributed by atoms with Gasteiger partial charge in [0.25, 0.3) is 0 Å². The second-order valence-electron chi connectivity index (χ2n) is 0.381. The predicted molar refractivity (Wildman–Crippen MR) is 15.4 cm³/mol. The Hall–Kier alpha value is -0.200. The first kappa shape index (κ1) is 4.80. The smallest absolute Gasteiger partial charge is 0.125 e. The van der Waals surface area contributed by atoms with E-state index in [4.69, 9.17) is 5.21 Å². The summed E-state index contributed by atoms with van der Waals surface area (Å²) >= 11 is 0. The summed E-state index contributed by atoms with van der Waals surface area (Å²) in [5, 5.41) is 7.56. The Morgan fingerprint density at radius 1 is 1.60 bits per heavy atom. The van der Waals surface area contributed by atoms with E-state index in [0.717, 1.165) is 0 Å². The van der Waals surface area contributed by atoms with Gasteiger partial charge in [-0.15, -0.1) is 5.59 Å². The number of hydrogen-bond donors (Lipinski definition) is 5. The van der Waals surface area contributed by atoms with Crippen LogP contribution in [0.5, 0.6) is 0 Å². The van der Waals surface area contributed by atoms with E-state index in [1.165, 1.54) is 5.59 Å². The predicted octanol–water partition coefficient (Wildman–Crippen LogP) is -2.15. The summed E-state index contributed by atoms with van der Waals surface area (Å²) in [5.41, 5.74) is 5.38. The third-order valence-electron chi connectivity index (χ3n) is 0.128.